The molecule has 0 aromatic carbocycles. The third-order valence-electron chi connectivity index (χ3n) is 5.88. The van der Waals surface area contributed by atoms with E-state index in [1.54, 1.807) is 0 Å². The molecule has 0 aromatic rings. The molecule has 0 aromatic heterocycles. The Labute approximate surface area is 203 Å². The monoisotopic (exact) mass is 512 g/mol. The van der Waals surface area contributed by atoms with Gasteiger partial charge in [-0.1, -0.05) is 0 Å². The van der Waals surface area contributed by atoms with Crippen molar-refractivity contribution in [3.05, 3.63) is 0 Å². The second-order valence-electron chi connectivity index (χ2n) is 9.27. The van der Waals surface area contributed by atoms with E-state index < -0.39 is 34.8 Å². The number of hydrogen-bond donors (Lipinski definition) is 0. The summed E-state index contributed by atoms with van der Waals surface area (Å²) in [7, 11) is -3.94. The van der Waals surface area contributed by atoms with Gasteiger partial charge in [0, 0.05) is 0 Å². The third-order valence-corrected chi connectivity index (χ3v) is 23.9. The van der Waals surface area contributed by atoms with Crippen LogP contribution in [0.4, 0.5) is 0 Å². The fourth-order valence-corrected chi connectivity index (χ4v) is 25.1. The third kappa shape index (κ3) is 11.8. The van der Waals surface area contributed by atoms with E-state index in [0.29, 0.717) is 13.2 Å². The standard InChI is InChI=1S/2C9H21OSi.2C3H7O.Ti/c2*1-4-7-11(10,8-5-2)9-6-3;2*1-2-3-4;/h2*4-9H2,1-3H3;2*2-3H2,1H3;/q4*-1;+4. The number of rotatable bonds is 22. The van der Waals surface area contributed by atoms with E-state index in [9.17, 15) is 0 Å². The quantitative estimate of drug-likeness (QED) is 0.136. The molecule has 0 heterocycles. The molecule has 4 nitrogen and oxygen atoms in total. The summed E-state index contributed by atoms with van der Waals surface area (Å²) in [5.74, 6) is 0. The number of hydrogen-bond acceptors (Lipinski definition) is 4. The van der Waals surface area contributed by atoms with E-state index in [1.165, 1.54) is 74.8 Å². The van der Waals surface area contributed by atoms with Crippen molar-refractivity contribution in [2.45, 2.75) is 143 Å². The predicted molar refractivity (Wildman–Crippen MR) is 137 cm³/mol. The van der Waals surface area contributed by atoms with Gasteiger partial charge >= 0.3 is 204 Å². The van der Waals surface area contributed by atoms with Crippen LogP contribution in [-0.2, 0) is 30.8 Å². The fourth-order valence-electron chi connectivity index (χ4n) is 4.95. The molecule has 0 aliphatic heterocycles. The van der Waals surface area contributed by atoms with Gasteiger partial charge in [0.15, 0.2) is 0 Å². The van der Waals surface area contributed by atoms with Gasteiger partial charge < -0.3 is 0 Å². The molecule has 0 fully saturated rings. The van der Waals surface area contributed by atoms with E-state index in [2.05, 4.69) is 55.4 Å². The normalized spacial score (nSPS) is 13.2. The first kappa shape index (κ1) is 32.0. The van der Waals surface area contributed by atoms with Crippen molar-refractivity contribution < 1.29 is 30.8 Å². The molecule has 0 N–H and O–H groups in total. The summed E-state index contributed by atoms with van der Waals surface area (Å²) < 4.78 is 28.0. The van der Waals surface area contributed by atoms with E-state index >= 15 is 0 Å². The Morgan fingerprint density at radius 3 is 0.871 bits per heavy atom. The SMILES string of the molecule is CCC[O][Ti]([O]CCC)([O][Si](CCC)(CCC)CCC)[O][Si](CCC)(CCC)CCC. The molecule has 0 rings (SSSR count). The van der Waals surface area contributed by atoms with E-state index in [1.807, 2.05) is 0 Å². The predicted octanol–water partition coefficient (Wildman–Crippen LogP) is 9.04. The Bertz CT molecular complexity index is 354. The Hall–Kier alpha value is 0.988. The summed E-state index contributed by atoms with van der Waals surface area (Å²) in [6.07, 6.45) is 9.00. The molecular formula is C24H56O4Si2Ti. The van der Waals surface area contributed by atoms with Crippen molar-refractivity contribution >= 4 is 16.6 Å². The van der Waals surface area contributed by atoms with Crippen LogP contribution >= 0.6 is 0 Å². The average Bonchev–Trinajstić information content (AvgIpc) is 2.72. The summed E-state index contributed by atoms with van der Waals surface area (Å²) in [4.78, 5) is 0. The van der Waals surface area contributed by atoms with Crippen LogP contribution in [0.3, 0.4) is 0 Å². The molecule has 0 saturated heterocycles. The van der Waals surface area contributed by atoms with E-state index in [0.717, 1.165) is 12.8 Å². The van der Waals surface area contributed by atoms with Gasteiger partial charge in [-0.2, -0.15) is 0 Å². The molecule has 31 heavy (non-hydrogen) atoms. The molecule has 0 unspecified atom stereocenters. The van der Waals surface area contributed by atoms with Crippen LogP contribution in [0.2, 0.25) is 36.3 Å². The van der Waals surface area contributed by atoms with Gasteiger partial charge in [0.05, 0.1) is 0 Å². The fraction of sp³-hybridized carbons (Fsp3) is 1.00. The van der Waals surface area contributed by atoms with Gasteiger partial charge in [0.2, 0.25) is 0 Å². The molecule has 0 saturated carbocycles. The van der Waals surface area contributed by atoms with Gasteiger partial charge in [-0.3, -0.25) is 0 Å². The summed E-state index contributed by atoms with van der Waals surface area (Å²) in [6.45, 7) is 19.5. The molecule has 0 spiro atoms. The van der Waals surface area contributed by atoms with Crippen LogP contribution in [0.1, 0.15) is 107 Å². The van der Waals surface area contributed by atoms with Crippen molar-refractivity contribution in [3.63, 3.8) is 0 Å². The average molecular weight is 513 g/mol. The van der Waals surface area contributed by atoms with Crippen molar-refractivity contribution in [1.29, 1.82) is 0 Å². The van der Waals surface area contributed by atoms with Gasteiger partial charge in [0.25, 0.3) is 0 Å². The minimum absolute atomic E-state index is 0.688. The molecule has 0 bridgehead atoms. The van der Waals surface area contributed by atoms with Gasteiger partial charge in [-0.25, -0.2) is 0 Å². The molecule has 7 heteroatoms. The maximum atomic E-state index is 7.34. The van der Waals surface area contributed by atoms with E-state index in [4.69, 9.17) is 12.7 Å². The molecule has 0 aliphatic carbocycles. The minimum atomic E-state index is -3.88. The molecule has 0 amide bonds. The zero-order valence-electron chi connectivity index (χ0n) is 22.4. The van der Waals surface area contributed by atoms with Crippen LogP contribution in [0.25, 0.3) is 0 Å². The van der Waals surface area contributed by atoms with Crippen molar-refractivity contribution in [2.24, 2.45) is 0 Å². The van der Waals surface area contributed by atoms with Crippen molar-refractivity contribution in [3.8, 4) is 0 Å². The zero-order chi connectivity index (χ0) is 23.6. The molecular weight excluding hydrogens is 456 g/mol. The van der Waals surface area contributed by atoms with Crippen LogP contribution < -0.4 is 0 Å². The Kier molecular flexibility index (Phi) is 18.9. The Balaban J connectivity index is 6.34. The summed E-state index contributed by atoms with van der Waals surface area (Å²) >= 11 is -3.88. The second kappa shape index (κ2) is 18.3. The summed E-state index contributed by atoms with van der Waals surface area (Å²) in [6, 6.07) is 7.17. The van der Waals surface area contributed by atoms with Crippen LogP contribution in [-0.4, -0.2) is 29.8 Å². The van der Waals surface area contributed by atoms with Crippen LogP contribution in [0.15, 0.2) is 0 Å². The topological polar surface area (TPSA) is 36.9 Å². The molecule has 0 atom stereocenters. The van der Waals surface area contributed by atoms with Crippen molar-refractivity contribution in [1.82, 2.24) is 0 Å². The first-order valence-corrected chi connectivity index (χ1v) is 21.2. The first-order chi connectivity index (χ1) is 14.9. The van der Waals surface area contributed by atoms with Gasteiger partial charge in [0.1, 0.15) is 0 Å². The maximum absolute atomic E-state index is 7.34. The Morgan fingerprint density at radius 2 is 0.677 bits per heavy atom. The molecule has 0 aliphatic rings. The molecule has 0 radical (unpaired) electrons. The van der Waals surface area contributed by atoms with Crippen LogP contribution in [0.5, 0.6) is 0 Å². The van der Waals surface area contributed by atoms with Crippen molar-refractivity contribution in [2.75, 3.05) is 13.2 Å². The van der Waals surface area contributed by atoms with Crippen LogP contribution in [0, 0.1) is 0 Å². The Morgan fingerprint density at radius 1 is 0.419 bits per heavy atom. The van der Waals surface area contributed by atoms with E-state index in [-0.39, 0.29) is 0 Å². The van der Waals surface area contributed by atoms with Gasteiger partial charge in [-0.05, 0) is 0 Å². The second-order valence-corrected chi connectivity index (χ2v) is 21.8. The summed E-state index contributed by atoms with van der Waals surface area (Å²) in [5.41, 5.74) is 0. The first-order valence-electron chi connectivity index (χ1n) is 13.6. The zero-order valence-corrected chi connectivity index (χ0v) is 26.0. The summed E-state index contributed by atoms with van der Waals surface area (Å²) in [5, 5.41) is 0. The molecule has 188 valence electrons. The van der Waals surface area contributed by atoms with Gasteiger partial charge in [-0.15, -0.1) is 0 Å².